The number of benzene rings is 1. The lowest BCUT2D eigenvalue weighted by atomic mass is 10.0. The second kappa shape index (κ2) is 8.84. The number of ketones is 1. The first-order chi connectivity index (χ1) is 17.2. The van der Waals surface area contributed by atoms with Crippen molar-refractivity contribution in [2.24, 2.45) is 0 Å². The minimum absolute atomic E-state index is 0.0954. The maximum Gasteiger partial charge on any atom is 0.293 e. The van der Waals surface area contributed by atoms with Crippen molar-refractivity contribution in [3.05, 3.63) is 62.6 Å². The average molecular weight is 518 g/mol. The molecular weight excluding hydrogens is 495 g/mol. The Morgan fingerprint density at radius 3 is 2.47 bits per heavy atom. The molecule has 1 fully saturated rings. The van der Waals surface area contributed by atoms with Crippen LogP contribution in [-0.4, -0.2) is 32.4 Å². The molecule has 1 aliphatic heterocycles. The number of rotatable bonds is 7. The molecule has 5 rings (SSSR count). The number of aromatic nitrogens is 3. The summed E-state index contributed by atoms with van der Waals surface area (Å²) in [7, 11) is 0. The van der Waals surface area contributed by atoms with Crippen LogP contribution in [0, 0.1) is 24.4 Å². The highest BCUT2D eigenvalue weighted by Gasteiger charge is 2.50. The molecule has 0 radical (unpaired) electrons. The molecule has 3 aromatic rings. The molecule has 0 spiro atoms. The van der Waals surface area contributed by atoms with Crippen LogP contribution in [0.3, 0.4) is 0 Å². The molecule has 1 aliphatic carbocycles. The molecule has 36 heavy (non-hydrogen) atoms. The lowest BCUT2D eigenvalue weighted by molar-refractivity contribution is -0.118. The first-order valence-electron chi connectivity index (χ1n) is 11.5. The molecule has 2 N–H and O–H groups in total. The molecule has 3 heterocycles. The van der Waals surface area contributed by atoms with Gasteiger partial charge in [-0.2, -0.15) is 0 Å². The van der Waals surface area contributed by atoms with Crippen molar-refractivity contribution in [1.29, 1.82) is 0 Å². The van der Waals surface area contributed by atoms with E-state index in [1.165, 1.54) is 11.3 Å². The average Bonchev–Trinajstić information content (AvgIpc) is 3.18. The zero-order valence-corrected chi connectivity index (χ0v) is 20.3. The zero-order valence-electron chi connectivity index (χ0n) is 19.5. The van der Waals surface area contributed by atoms with E-state index in [-0.39, 0.29) is 23.0 Å². The highest BCUT2D eigenvalue weighted by Crippen LogP contribution is 2.46. The number of nitrogens with one attached hydrogen (secondary N) is 2. The summed E-state index contributed by atoms with van der Waals surface area (Å²) in [4.78, 5) is 39.7. The number of Topliss-reactive ketones (excluding diaryl/α,β-unsaturated/α-hetero) is 1. The number of hydrogen-bond acceptors (Lipinski definition) is 6. The van der Waals surface area contributed by atoms with Gasteiger partial charge in [0, 0.05) is 29.6 Å². The predicted molar refractivity (Wildman–Crippen MR) is 124 cm³/mol. The molecular formula is C24H22F3N5O3S. The van der Waals surface area contributed by atoms with Crippen LogP contribution in [0.15, 0.2) is 17.6 Å². The molecule has 12 heteroatoms. The standard InChI is InChI=1S/C24H22F3N5O3S/c1-3-13-4-5-16-17(20(33)22(35)30-24(6-7-24)23-31-28-10-36-23)11(2)19(32(13)16)21(34)29-12-8-14(25)18(27)15(26)9-12/h8-10,13H,3-7H2,1-2H3,(H,29,34)(H,30,35). The first kappa shape index (κ1) is 24.2. The highest BCUT2D eigenvalue weighted by molar-refractivity contribution is 7.09. The summed E-state index contributed by atoms with van der Waals surface area (Å²) in [6.07, 6.45) is 3.11. The van der Waals surface area contributed by atoms with Gasteiger partial charge in [0.2, 0.25) is 0 Å². The van der Waals surface area contributed by atoms with Crippen molar-refractivity contribution in [3.8, 4) is 0 Å². The lowest BCUT2D eigenvalue weighted by Gasteiger charge is -2.16. The van der Waals surface area contributed by atoms with Crippen molar-refractivity contribution >= 4 is 34.6 Å². The van der Waals surface area contributed by atoms with E-state index < -0.39 is 40.6 Å². The largest absolute Gasteiger partial charge is 0.337 e. The number of carbonyl (C=O) groups excluding carboxylic acids is 3. The summed E-state index contributed by atoms with van der Waals surface area (Å²) in [6.45, 7) is 3.51. The van der Waals surface area contributed by atoms with Gasteiger partial charge in [-0.25, -0.2) is 13.2 Å². The van der Waals surface area contributed by atoms with E-state index in [1.54, 1.807) is 17.0 Å². The van der Waals surface area contributed by atoms with E-state index in [0.717, 1.165) is 0 Å². The number of anilines is 1. The third kappa shape index (κ3) is 3.89. The summed E-state index contributed by atoms with van der Waals surface area (Å²) in [5.41, 5.74) is 1.73. The second-order valence-electron chi connectivity index (χ2n) is 9.08. The molecule has 2 aromatic heterocycles. The third-order valence-corrected chi connectivity index (χ3v) is 7.76. The monoisotopic (exact) mass is 517 g/mol. The number of carbonyl (C=O) groups is 3. The van der Waals surface area contributed by atoms with E-state index >= 15 is 0 Å². The quantitative estimate of drug-likeness (QED) is 0.278. The van der Waals surface area contributed by atoms with E-state index in [1.807, 2.05) is 6.92 Å². The van der Waals surface area contributed by atoms with Crippen LogP contribution in [0.4, 0.5) is 18.9 Å². The number of halogens is 3. The normalized spacial score (nSPS) is 17.5. The summed E-state index contributed by atoms with van der Waals surface area (Å²) < 4.78 is 42.4. The predicted octanol–water partition coefficient (Wildman–Crippen LogP) is 4.20. The van der Waals surface area contributed by atoms with E-state index in [2.05, 4.69) is 20.8 Å². The van der Waals surface area contributed by atoms with Crippen LogP contribution in [0.25, 0.3) is 0 Å². The van der Waals surface area contributed by atoms with Crippen molar-refractivity contribution in [3.63, 3.8) is 0 Å². The van der Waals surface area contributed by atoms with Gasteiger partial charge in [0.15, 0.2) is 17.5 Å². The Kier molecular flexibility index (Phi) is 5.93. The summed E-state index contributed by atoms with van der Waals surface area (Å²) in [5.74, 6) is -6.79. The molecule has 1 atom stereocenters. The maximum absolute atomic E-state index is 13.7. The van der Waals surface area contributed by atoms with E-state index in [9.17, 15) is 27.6 Å². The Balaban J connectivity index is 1.48. The maximum atomic E-state index is 13.7. The van der Waals surface area contributed by atoms with Gasteiger partial charge in [0.1, 0.15) is 16.2 Å². The summed E-state index contributed by atoms with van der Waals surface area (Å²) in [5, 5.41) is 13.7. The second-order valence-corrected chi connectivity index (χ2v) is 9.92. The van der Waals surface area contributed by atoms with Gasteiger partial charge in [-0.1, -0.05) is 6.92 Å². The Morgan fingerprint density at radius 2 is 1.89 bits per heavy atom. The molecule has 2 aliphatic rings. The van der Waals surface area contributed by atoms with Crippen molar-refractivity contribution < 1.29 is 27.6 Å². The molecule has 8 nitrogen and oxygen atoms in total. The smallest absolute Gasteiger partial charge is 0.293 e. The topological polar surface area (TPSA) is 106 Å². The van der Waals surface area contributed by atoms with Gasteiger partial charge >= 0.3 is 0 Å². The molecule has 0 bridgehead atoms. The Labute approximate surface area is 207 Å². The van der Waals surface area contributed by atoms with Gasteiger partial charge in [0.05, 0.1) is 11.1 Å². The lowest BCUT2D eigenvalue weighted by Crippen LogP contribution is -2.39. The Morgan fingerprint density at radius 1 is 1.19 bits per heavy atom. The molecule has 1 saturated carbocycles. The van der Waals surface area contributed by atoms with Crippen LogP contribution >= 0.6 is 11.3 Å². The van der Waals surface area contributed by atoms with Gasteiger partial charge < -0.3 is 15.2 Å². The minimum Gasteiger partial charge on any atom is -0.337 e. The van der Waals surface area contributed by atoms with Crippen LogP contribution in [0.5, 0.6) is 0 Å². The number of nitrogens with zero attached hydrogens (tertiary/aromatic N) is 3. The van der Waals surface area contributed by atoms with Crippen molar-refractivity contribution in [2.45, 2.75) is 57.5 Å². The molecule has 1 aromatic carbocycles. The minimum atomic E-state index is -1.64. The number of amides is 2. The van der Waals surface area contributed by atoms with Gasteiger partial charge in [-0.3, -0.25) is 14.4 Å². The van der Waals surface area contributed by atoms with Gasteiger partial charge in [-0.15, -0.1) is 21.5 Å². The van der Waals surface area contributed by atoms with Crippen molar-refractivity contribution in [1.82, 2.24) is 20.1 Å². The SMILES string of the molecule is CCC1CCc2c(C(=O)C(=O)NC3(c4nncs4)CC3)c(C)c(C(=O)Nc3cc(F)c(F)c(F)c3)n21. The van der Waals surface area contributed by atoms with Crippen LogP contribution in [0.1, 0.15) is 75.8 Å². The fourth-order valence-electron chi connectivity index (χ4n) is 4.92. The van der Waals surface area contributed by atoms with Crippen LogP contribution < -0.4 is 10.6 Å². The summed E-state index contributed by atoms with van der Waals surface area (Å²) >= 11 is 1.30. The number of fused-ring (bicyclic) bond motifs is 1. The number of hydrogen-bond donors (Lipinski definition) is 2. The third-order valence-electron chi connectivity index (χ3n) is 6.86. The fraction of sp³-hybridized carbons (Fsp3) is 0.375. The first-order valence-corrected chi connectivity index (χ1v) is 12.4. The highest BCUT2D eigenvalue weighted by atomic mass is 32.1. The van der Waals surface area contributed by atoms with Crippen LogP contribution in [0.2, 0.25) is 0 Å². The molecule has 188 valence electrons. The van der Waals surface area contributed by atoms with Gasteiger partial charge in [0.25, 0.3) is 17.6 Å². The Bertz CT molecular complexity index is 1380. The van der Waals surface area contributed by atoms with Crippen LogP contribution in [-0.2, 0) is 16.8 Å². The van der Waals surface area contributed by atoms with E-state index in [0.29, 0.717) is 60.5 Å². The van der Waals surface area contributed by atoms with Crippen molar-refractivity contribution in [2.75, 3.05) is 5.32 Å². The molecule has 1 unspecified atom stereocenters. The fourth-order valence-corrected chi connectivity index (χ4v) is 5.69. The Hall–Kier alpha value is -3.54. The molecule has 2 amide bonds. The zero-order chi connectivity index (χ0) is 25.8. The van der Waals surface area contributed by atoms with Gasteiger partial charge in [-0.05, 0) is 44.6 Å². The molecule has 0 saturated heterocycles. The summed E-state index contributed by atoms with van der Waals surface area (Å²) in [6, 6.07) is 1.26. The van der Waals surface area contributed by atoms with E-state index in [4.69, 9.17) is 0 Å².